The molecule has 0 spiro atoms. The number of unbranched alkanes of at least 4 members (excludes halogenated alkanes) is 12. The van der Waals surface area contributed by atoms with Crippen LogP contribution in [0.4, 0.5) is 0 Å². The second-order valence-electron chi connectivity index (χ2n) is 9.25. The molecule has 0 aromatic carbocycles. The Morgan fingerprint density at radius 3 is 1.55 bits per heavy atom. The summed E-state index contributed by atoms with van der Waals surface area (Å²) in [4.78, 5) is 23.0. The van der Waals surface area contributed by atoms with Gasteiger partial charge in [0.25, 0.3) is 0 Å². The van der Waals surface area contributed by atoms with Crippen molar-refractivity contribution in [2.24, 2.45) is 0 Å². The summed E-state index contributed by atoms with van der Waals surface area (Å²) < 4.78 is 5.97. The van der Waals surface area contributed by atoms with Gasteiger partial charge in [-0.05, 0) is 12.8 Å². The van der Waals surface area contributed by atoms with Crippen LogP contribution in [0.25, 0.3) is 0 Å². The second kappa shape index (κ2) is 17.7. The molecule has 0 aliphatic carbocycles. The van der Waals surface area contributed by atoms with Crippen molar-refractivity contribution in [2.45, 2.75) is 102 Å². The summed E-state index contributed by atoms with van der Waals surface area (Å²) in [5.74, 6) is -1.21. The predicted molar refractivity (Wildman–Crippen MR) is 117 cm³/mol. The lowest BCUT2D eigenvalue weighted by atomic mass is 10.0. The minimum absolute atomic E-state index is 0.135. The van der Waals surface area contributed by atoms with Crippen molar-refractivity contribution in [3.05, 3.63) is 0 Å². The Hall–Kier alpha value is -1.14. The van der Waals surface area contributed by atoms with Crippen molar-refractivity contribution >= 4 is 11.9 Å². The maximum Gasteiger partial charge on any atom is 0.307 e. The third-order valence-electron chi connectivity index (χ3n) is 4.99. The Labute approximate surface area is 178 Å². The van der Waals surface area contributed by atoms with E-state index < -0.39 is 12.1 Å². The highest BCUT2D eigenvalue weighted by Gasteiger charge is 2.24. The highest BCUT2D eigenvalue weighted by atomic mass is 16.5. The van der Waals surface area contributed by atoms with Crippen LogP contribution in [0, 0.1) is 0 Å². The number of hydrogen-bond donors (Lipinski definition) is 2. The van der Waals surface area contributed by atoms with Gasteiger partial charge in [0.1, 0.15) is 6.54 Å². The first-order valence-electron chi connectivity index (χ1n) is 11.6. The summed E-state index contributed by atoms with van der Waals surface area (Å²) in [6.45, 7) is 0.823. The van der Waals surface area contributed by atoms with Crippen LogP contribution in [0.2, 0.25) is 0 Å². The largest absolute Gasteiger partial charge is 0.481 e. The molecule has 0 rings (SSSR count). The number of aliphatic hydroxyl groups is 1. The fraction of sp³-hybridized carbons (Fsp3) is 0.913. The molecule has 6 nitrogen and oxygen atoms in total. The summed E-state index contributed by atoms with van der Waals surface area (Å²) in [5.41, 5.74) is 0. The van der Waals surface area contributed by atoms with Crippen LogP contribution >= 0.6 is 0 Å². The van der Waals surface area contributed by atoms with Crippen LogP contribution in [0.1, 0.15) is 96.3 Å². The van der Waals surface area contributed by atoms with Crippen molar-refractivity contribution < 1.29 is 29.0 Å². The molecule has 1 unspecified atom stereocenters. The van der Waals surface area contributed by atoms with Crippen LogP contribution in [-0.2, 0) is 14.3 Å². The molecule has 0 fully saturated rings. The number of aliphatic hydroxyl groups excluding tert-OH is 1. The first-order chi connectivity index (χ1) is 13.7. The Bertz CT molecular complexity index is 420. The molecule has 0 aliphatic rings. The quantitative estimate of drug-likeness (QED) is 0.173. The molecule has 0 aliphatic heterocycles. The summed E-state index contributed by atoms with van der Waals surface area (Å²) in [6, 6.07) is 0. The predicted octanol–water partition coefficient (Wildman–Crippen LogP) is 4.53. The van der Waals surface area contributed by atoms with Crippen LogP contribution in [-0.4, -0.2) is 67.0 Å². The number of likely N-dealkylation sites (N-methyl/N-ethyl adjacent to an activating group) is 1. The zero-order valence-corrected chi connectivity index (χ0v) is 19.2. The molecule has 6 heteroatoms. The molecule has 0 bridgehead atoms. The van der Waals surface area contributed by atoms with Crippen molar-refractivity contribution in [2.75, 3.05) is 34.3 Å². The third-order valence-corrected chi connectivity index (χ3v) is 4.99. The molecule has 2 N–H and O–H groups in total. The van der Waals surface area contributed by atoms with Gasteiger partial charge >= 0.3 is 11.9 Å². The normalized spacial score (nSPS) is 12.7. The summed E-state index contributed by atoms with van der Waals surface area (Å²) in [5, 5.41) is 17.7. The maximum absolute atomic E-state index is 12.0. The minimum atomic E-state index is -0.932. The molecule has 0 amide bonds. The molecule has 0 aromatic heterocycles. The Kier molecular flexibility index (Phi) is 17.0. The standard InChI is InChI=1S/C23H45NO5/c1-24(2,3)20-21(19-22(26)27)29-23(28)17-15-13-11-9-7-5-4-6-8-10-12-14-16-18-25/h21,25H,4-20H2,1-3H3/p+1. The van der Waals surface area contributed by atoms with E-state index in [1.165, 1.54) is 51.4 Å². The number of carboxylic acids is 1. The van der Waals surface area contributed by atoms with Gasteiger partial charge in [-0.1, -0.05) is 70.6 Å². The van der Waals surface area contributed by atoms with Gasteiger partial charge in [-0.2, -0.15) is 0 Å². The van der Waals surface area contributed by atoms with E-state index in [2.05, 4.69) is 0 Å². The Morgan fingerprint density at radius 2 is 1.17 bits per heavy atom. The third kappa shape index (κ3) is 21.4. The number of carbonyl (C=O) groups is 2. The van der Waals surface area contributed by atoms with Crippen LogP contribution < -0.4 is 0 Å². The highest BCUT2D eigenvalue weighted by Crippen LogP contribution is 2.14. The van der Waals surface area contributed by atoms with Gasteiger partial charge < -0.3 is 19.4 Å². The number of carbonyl (C=O) groups excluding carboxylic acids is 1. The number of carboxylic acid groups (broad SMARTS) is 1. The van der Waals surface area contributed by atoms with Gasteiger partial charge in [-0.3, -0.25) is 9.59 Å². The molecular weight excluding hydrogens is 370 g/mol. The number of nitrogens with zero attached hydrogens (tertiary/aromatic N) is 1. The number of aliphatic carboxylic acids is 1. The van der Waals surface area contributed by atoms with Crippen LogP contribution in [0.5, 0.6) is 0 Å². The van der Waals surface area contributed by atoms with Crippen molar-refractivity contribution in [1.29, 1.82) is 0 Å². The highest BCUT2D eigenvalue weighted by molar-refractivity contribution is 5.71. The number of ether oxygens (including phenoxy) is 1. The number of hydrogen-bond acceptors (Lipinski definition) is 4. The van der Waals surface area contributed by atoms with E-state index in [0.29, 0.717) is 24.1 Å². The molecule has 0 saturated carbocycles. The van der Waals surface area contributed by atoms with Gasteiger partial charge in [0.2, 0.25) is 0 Å². The first-order valence-corrected chi connectivity index (χ1v) is 11.6. The summed E-state index contributed by atoms with van der Waals surface area (Å²) in [7, 11) is 5.88. The van der Waals surface area contributed by atoms with E-state index in [4.69, 9.17) is 14.9 Å². The van der Waals surface area contributed by atoms with E-state index >= 15 is 0 Å². The second-order valence-corrected chi connectivity index (χ2v) is 9.25. The fourth-order valence-electron chi connectivity index (χ4n) is 3.52. The number of esters is 1. The smallest absolute Gasteiger partial charge is 0.307 e. The van der Waals surface area contributed by atoms with E-state index in [1.807, 2.05) is 21.1 Å². The molecule has 0 radical (unpaired) electrons. The molecule has 172 valence electrons. The summed E-state index contributed by atoms with van der Waals surface area (Å²) >= 11 is 0. The average molecular weight is 417 g/mol. The SMILES string of the molecule is C[N+](C)(C)CC(CC(=O)O)OC(=O)CCCCCCCCCCCCCCCO. The van der Waals surface area contributed by atoms with Gasteiger partial charge in [0.05, 0.1) is 27.6 Å². The fourth-order valence-corrected chi connectivity index (χ4v) is 3.52. The Morgan fingerprint density at radius 1 is 0.759 bits per heavy atom. The molecule has 1 atom stereocenters. The van der Waals surface area contributed by atoms with Crippen molar-refractivity contribution in [3.63, 3.8) is 0 Å². The summed E-state index contributed by atoms with van der Waals surface area (Å²) in [6.07, 6.45) is 15.0. The van der Waals surface area contributed by atoms with Gasteiger partial charge in [-0.15, -0.1) is 0 Å². The lowest BCUT2D eigenvalue weighted by molar-refractivity contribution is -0.873. The molecule has 29 heavy (non-hydrogen) atoms. The zero-order valence-electron chi connectivity index (χ0n) is 19.2. The monoisotopic (exact) mass is 416 g/mol. The topological polar surface area (TPSA) is 83.8 Å². The first kappa shape index (κ1) is 27.9. The van der Waals surface area contributed by atoms with Crippen molar-refractivity contribution in [1.82, 2.24) is 0 Å². The van der Waals surface area contributed by atoms with Gasteiger partial charge in [0.15, 0.2) is 6.10 Å². The lowest BCUT2D eigenvalue weighted by Crippen LogP contribution is -2.43. The zero-order chi connectivity index (χ0) is 22.0. The van der Waals surface area contributed by atoms with E-state index in [0.717, 1.165) is 32.1 Å². The molecule has 0 heterocycles. The van der Waals surface area contributed by atoms with E-state index in [-0.39, 0.29) is 12.4 Å². The number of rotatable bonds is 20. The average Bonchev–Trinajstić information content (AvgIpc) is 2.60. The van der Waals surface area contributed by atoms with Gasteiger partial charge in [-0.25, -0.2) is 0 Å². The maximum atomic E-state index is 12.0. The van der Waals surface area contributed by atoms with Crippen LogP contribution in [0.3, 0.4) is 0 Å². The lowest BCUT2D eigenvalue weighted by Gasteiger charge is -2.28. The molecular formula is C23H46NO5+. The minimum Gasteiger partial charge on any atom is -0.481 e. The van der Waals surface area contributed by atoms with Crippen LogP contribution in [0.15, 0.2) is 0 Å². The van der Waals surface area contributed by atoms with Crippen molar-refractivity contribution in [3.8, 4) is 0 Å². The Balaban J connectivity index is 3.59. The van der Waals surface area contributed by atoms with E-state index in [1.54, 1.807) is 0 Å². The van der Waals surface area contributed by atoms with Gasteiger partial charge in [0, 0.05) is 13.0 Å². The number of quaternary nitrogens is 1. The molecule has 0 saturated heterocycles. The van der Waals surface area contributed by atoms with E-state index in [9.17, 15) is 9.59 Å². The molecule has 0 aromatic rings.